The Kier molecular flexibility index (Phi) is 3.09. The van der Waals surface area contributed by atoms with Crippen LogP contribution in [0.1, 0.15) is 5.56 Å². The first-order chi connectivity index (χ1) is 10.6. The van der Waals surface area contributed by atoms with Crippen LogP contribution < -0.4 is 5.32 Å². The van der Waals surface area contributed by atoms with Gasteiger partial charge in [0.25, 0.3) is 5.78 Å². The van der Waals surface area contributed by atoms with E-state index in [0.29, 0.717) is 16.7 Å². The van der Waals surface area contributed by atoms with Gasteiger partial charge in [0.15, 0.2) is 0 Å². The molecule has 0 unspecified atom stereocenters. The minimum atomic E-state index is 0.621. The summed E-state index contributed by atoms with van der Waals surface area (Å²) in [5, 5.41) is 7.13. The molecule has 2 N–H and O–H groups in total. The van der Waals surface area contributed by atoms with Crippen molar-refractivity contribution in [1.29, 1.82) is 0 Å². The SMILES string of the molecule is Cc1ccc(Cl)cc1Nc1nc2nc3cc(Br)ccc3n2[nH]1. The zero-order valence-corrected chi connectivity index (χ0v) is 13.9. The highest BCUT2D eigenvalue weighted by atomic mass is 79.9. The van der Waals surface area contributed by atoms with Crippen LogP contribution in [0.3, 0.4) is 0 Å². The van der Waals surface area contributed by atoms with Gasteiger partial charge >= 0.3 is 0 Å². The predicted octanol–water partition coefficient (Wildman–Crippen LogP) is 4.68. The third-order valence-corrected chi connectivity index (χ3v) is 4.21. The zero-order chi connectivity index (χ0) is 15.3. The van der Waals surface area contributed by atoms with Crippen molar-refractivity contribution in [2.24, 2.45) is 0 Å². The number of benzene rings is 2. The van der Waals surface area contributed by atoms with Gasteiger partial charge < -0.3 is 5.32 Å². The smallest absolute Gasteiger partial charge is 0.253 e. The van der Waals surface area contributed by atoms with E-state index in [-0.39, 0.29) is 0 Å². The number of nitrogens with zero attached hydrogens (tertiary/aromatic N) is 3. The number of hydrogen-bond acceptors (Lipinski definition) is 3. The first-order valence-electron chi connectivity index (χ1n) is 6.67. The van der Waals surface area contributed by atoms with Crippen molar-refractivity contribution in [1.82, 2.24) is 19.6 Å². The van der Waals surface area contributed by atoms with Crippen LogP contribution in [0.4, 0.5) is 11.6 Å². The molecule has 0 radical (unpaired) electrons. The molecule has 22 heavy (non-hydrogen) atoms. The van der Waals surface area contributed by atoms with Crippen molar-refractivity contribution in [3.8, 4) is 0 Å². The molecule has 0 bridgehead atoms. The van der Waals surface area contributed by atoms with E-state index in [9.17, 15) is 0 Å². The fourth-order valence-corrected chi connectivity index (χ4v) is 2.89. The molecule has 4 rings (SSSR count). The van der Waals surface area contributed by atoms with Crippen LogP contribution in [0.25, 0.3) is 16.8 Å². The van der Waals surface area contributed by atoms with Gasteiger partial charge in [0.1, 0.15) is 0 Å². The second-order valence-corrected chi connectivity index (χ2v) is 6.39. The number of aromatic amines is 1. The molecule has 0 spiro atoms. The summed E-state index contributed by atoms with van der Waals surface area (Å²) in [5.41, 5.74) is 3.86. The maximum Gasteiger partial charge on any atom is 0.253 e. The average Bonchev–Trinajstić information content (AvgIpc) is 2.99. The second-order valence-electron chi connectivity index (χ2n) is 5.04. The lowest BCUT2D eigenvalue weighted by atomic mass is 10.2. The molecule has 0 atom stereocenters. The number of H-pyrrole nitrogens is 1. The molecular formula is C15H11BrClN5. The van der Waals surface area contributed by atoms with Crippen molar-refractivity contribution in [2.45, 2.75) is 6.92 Å². The van der Waals surface area contributed by atoms with Crippen molar-refractivity contribution >= 4 is 56.0 Å². The second kappa shape index (κ2) is 5.00. The van der Waals surface area contributed by atoms with E-state index in [1.54, 1.807) is 0 Å². The van der Waals surface area contributed by atoms with Crippen LogP contribution in [0.15, 0.2) is 40.9 Å². The molecule has 4 aromatic rings. The molecule has 0 saturated heterocycles. The van der Waals surface area contributed by atoms with Gasteiger partial charge in [-0.25, -0.2) is 9.50 Å². The van der Waals surface area contributed by atoms with E-state index < -0.39 is 0 Å². The molecule has 2 aromatic heterocycles. The fourth-order valence-electron chi connectivity index (χ4n) is 2.37. The van der Waals surface area contributed by atoms with Gasteiger partial charge in [-0.15, -0.1) is 0 Å². The minimum Gasteiger partial charge on any atom is -0.324 e. The Morgan fingerprint density at radius 2 is 2.05 bits per heavy atom. The van der Waals surface area contributed by atoms with Crippen molar-refractivity contribution in [2.75, 3.05) is 5.32 Å². The van der Waals surface area contributed by atoms with Gasteiger partial charge in [-0.3, -0.25) is 5.10 Å². The van der Waals surface area contributed by atoms with Crippen LogP contribution >= 0.6 is 27.5 Å². The highest BCUT2D eigenvalue weighted by Gasteiger charge is 2.10. The summed E-state index contributed by atoms with van der Waals surface area (Å²) < 4.78 is 2.85. The number of fused-ring (bicyclic) bond motifs is 3. The van der Waals surface area contributed by atoms with Gasteiger partial charge in [-0.1, -0.05) is 33.6 Å². The average molecular weight is 377 g/mol. The van der Waals surface area contributed by atoms with E-state index in [2.05, 4.69) is 36.3 Å². The minimum absolute atomic E-state index is 0.621. The largest absolute Gasteiger partial charge is 0.324 e. The third-order valence-electron chi connectivity index (χ3n) is 3.48. The van der Waals surface area contributed by atoms with Crippen LogP contribution in [-0.4, -0.2) is 19.6 Å². The highest BCUT2D eigenvalue weighted by molar-refractivity contribution is 9.10. The van der Waals surface area contributed by atoms with Crippen LogP contribution in [0, 0.1) is 6.92 Å². The Bertz CT molecular complexity index is 1000. The summed E-state index contributed by atoms with van der Waals surface area (Å²) >= 11 is 9.49. The number of anilines is 2. The molecule has 2 heterocycles. The van der Waals surface area contributed by atoms with Gasteiger partial charge in [-0.05, 0) is 42.8 Å². The number of halogens is 2. The summed E-state index contributed by atoms with van der Waals surface area (Å²) in [6.45, 7) is 2.01. The Morgan fingerprint density at radius 3 is 2.91 bits per heavy atom. The summed E-state index contributed by atoms with van der Waals surface area (Å²) in [4.78, 5) is 8.98. The van der Waals surface area contributed by atoms with Crippen LogP contribution in [-0.2, 0) is 0 Å². The van der Waals surface area contributed by atoms with E-state index in [0.717, 1.165) is 26.8 Å². The highest BCUT2D eigenvalue weighted by Crippen LogP contribution is 2.24. The van der Waals surface area contributed by atoms with Crippen LogP contribution in [0.5, 0.6) is 0 Å². The Morgan fingerprint density at radius 1 is 1.18 bits per heavy atom. The van der Waals surface area contributed by atoms with E-state index in [4.69, 9.17) is 11.6 Å². The fraction of sp³-hybridized carbons (Fsp3) is 0.0667. The maximum absolute atomic E-state index is 6.04. The molecule has 0 saturated carbocycles. The molecule has 5 nitrogen and oxygen atoms in total. The molecule has 110 valence electrons. The number of nitrogens with one attached hydrogen (secondary N) is 2. The number of imidazole rings is 1. The van der Waals surface area contributed by atoms with Crippen molar-refractivity contribution in [3.05, 3.63) is 51.5 Å². The van der Waals surface area contributed by atoms with E-state index in [1.807, 2.05) is 47.8 Å². The van der Waals surface area contributed by atoms with Gasteiger partial charge in [0.05, 0.1) is 11.0 Å². The number of aromatic nitrogens is 4. The first kappa shape index (κ1) is 13.6. The van der Waals surface area contributed by atoms with Crippen molar-refractivity contribution in [3.63, 3.8) is 0 Å². The summed E-state index contributed by atoms with van der Waals surface area (Å²) in [7, 11) is 0. The summed E-state index contributed by atoms with van der Waals surface area (Å²) in [6, 6.07) is 11.6. The molecule has 0 aliphatic rings. The molecule has 7 heteroatoms. The third kappa shape index (κ3) is 2.24. The van der Waals surface area contributed by atoms with Crippen LogP contribution in [0.2, 0.25) is 5.02 Å². The van der Waals surface area contributed by atoms with Gasteiger partial charge in [0.2, 0.25) is 5.95 Å². The lowest BCUT2D eigenvalue weighted by molar-refractivity contribution is 1.01. The van der Waals surface area contributed by atoms with E-state index in [1.165, 1.54) is 0 Å². The Hall–Kier alpha value is -2.05. The molecule has 2 aromatic carbocycles. The predicted molar refractivity (Wildman–Crippen MR) is 92.0 cm³/mol. The Labute approximate surface area is 139 Å². The monoisotopic (exact) mass is 375 g/mol. The summed E-state index contributed by atoms with van der Waals surface area (Å²) in [6.07, 6.45) is 0. The first-order valence-corrected chi connectivity index (χ1v) is 7.84. The standard InChI is InChI=1S/C15H11BrClN5/c1-8-2-4-10(17)7-11(8)18-14-20-15-19-12-6-9(16)3-5-13(12)22(15)21-14/h2-7H,1H3,(H2,18,19,20,21). The van der Waals surface area contributed by atoms with Gasteiger partial charge in [-0.2, -0.15) is 4.98 Å². The lowest BCUT2D eigenvalue weighted by Crippen LogP contribution is -1.96. The number of rotatable bonds is 2. The molecular weight excluding hydrogens is 366 g/mol. The normalized spacial score (nSPS) is 11.4. The van der Waals surface area contributed by atoms with Crippen molar-refractivity contribution < 1.29 is 0 Å². The molecule has 0 amide bonds. The van der Waals surface area contributed by atoms with E-state index >= 15 is 0 Å². The topological polar surface area (TPSA) is 58.0 Å². The maximum atomic E-state index is 6.04. The van der Waals surface area contributed by atoms with Gasteiger partial charge in [0, 0.05) is 15.2 Å². The molecule has 0 fully saturated rings. The molecule has 0 aliphatic carbocycles. The quantitative estimate of drug-likeness (QED) is 0.534. The Balaban J connectivity index is 1.78. The lowest BCUT2D eigenvalue weighted by Gasteiger charge is -2.06. The zero-order valence-electron chi connectivity index (χ0n) is 11.6. The summed E-state index contributed by atoms with van der Waals surface area (Å²) in [5.74, 6) is 1.24. The number of aryl methyl sites for hydroxylation is 1. The molecule has 0 aliphatic heterocycles. The number of hydrogen-bond donors (Lipinski definition) is 2.